The van der Waals surface area contributed by atoms with E-state index in [0.29, 0.717) is 0 Å². The van der Waals surface area contributed by atoms with E-state index in [-0.39, 0.29) is 0 Å². The maximum absolute atomic E-state index is 4.44. The van der Waals surface area contributed by atoms with Gasteiger partial charge in [0.2, 0.25) is 0 Å². The molecule has 0 bridgehead atoms. The van der Waals surface area contributed by atoms with Crippen molar-refractivity contribution in [1.82, 2.24) is 14.8 Å². The zero-order chi connectivity index (χ0) is 14.2. The van der Waals surface area contributed by atoms with Gasteiger partial charge in [-0.3, -0.25) is 4.68 Å². The van der Waals surface area contributed by atoms with Gasteiger partial charge in [-0.15, -0.1) is 0 Å². The predicted molar refractivity (Wildman–Crippen MR) is 84.9 cm³/mol. The average Bonchev–Trinajstić information content (AvgIpc) is 3.24. The molecule has 2 heterocycles. The van der Waals surface area contributed by atoms with Gasteiger partial charge in [0.15, 0.2) is 0 Å². The Balaban J connectivity index is 1.72. The third-order valence-electron chi connectivity index (χ3n) is 3.72. The topological polar surface area (TPSA) is 42.7 Å². The van der Waals surface area contributed by atoms with Gasteiger partial charge < -0.3 is 5.32 Å². The number of rotatable bonds is 3. The van der Waals surface area contributed by atoms with Gasteiger partial charge in [0.05, 0.1) is 6.20 Å². The number of hydrogen-bond donors (Lipinski definition) is 1. The van der Waals surface area contributed by atoms with Crippen molar-refractivity contribution in [1.29, 1.82) is 0 Å². The lowest BCUT2D eigenvalue weighted by Crippen LogP contribution is -1.91. The molecule has 0 atom stereocenters. The number of pyridine rings is 1. The molecular formula is C17H16N4. The second kappa shape index (κ2) is 4.74. The minimum absolute atomic E-state index is 0.894. The number of allylic oxidation sites excluding steroid dienone is 1. The first-order chi connectivity index (χ1) is 10.3. The highest BCUT2D eigenvalue weighted by Gasteiger charge is 2.10. The Morgan fingerprint density at radius 2 is 2.00 bits per heavy atom. The summed E-state index contributed by atoms with van der Waals surface area (Å²) >= 11 is 0. The Morgan fingerprint density at radius 3 is 2.76 bits per heavy atom. The van der Waals surface area contributed by atoms with Crippen molar-refractivity contribution in [2.45, 2.75) is 12.8 Å². The lowest BCUT2D eigenvalue weighted by Gasteiger charge is -2.04. The fourth-order valence-corrected chi connectivity index (χ4v) is 2.36. The van der Waals surface area contributed by atoms with Gasteiger partial charge in [-0.25, -0.2) is 4.98 Å². The summed E-state index contributed by atoms with van der Waals surface area (Å²) < 4.78 is 1.82. The summed E-state index contributed by atoms with van der Waals surface area (Å²) in [5.41, 5.74) is 3.76. The van der Waals surface area contributed by atoms with E-state index in [1.807, 2.05) is 30.3 Å². The molecule has 1 aliphatic rings. The van der Waals surface area contributed by atoms with Crippen LogP contribution in [-0.4, -0.2) is 14.8 Å². The van der Waals surface area contributed by atoms with E-state index in [2.05, 4.69) is 45.9 Å². The van der Waals surface area contributed by atoms with Gasteiger partial charge in [-0.1, -0.05) is 17.7 Å². The van der Waals surface area contributed by atoms with E-state index in [0.717, 1.165) is 16.8 Å². The van der Waals surface area contributed by atoms with Gasteiger partial charge in [0.25, 0.3) is 0 Å². The lowest BCUT2D eigenvalue weighted by molar-refractivity contribution is 0.768. The highest BCUT2D eigenvalue weighted by Crippen LogP contribution is 2.28. The van der Waals surface area contributed by atoms with E-state index >= 15 is 0 Å². The number of aryl methyl sites for hydroxylation is 1. The summed E-state index contributed by atoms with van der Waals surface area (Å²) in [7, 11) is 1.93. The van der Waals surface area contributed by atoms with Crippen molar-refractivity contribution in [2.24, 2.45) is 7.05 Å². The van der Waals surface area contributed by atoms with E-state index in [1.165, 1.54) is 29.4 Å². The molecule has 0 amide bonds. The van der Waals surface area contributed by atoms with E-state index in [4.69, 9.17) is 0 Å². The Hall–Kier alpha value is -2.62. The van der Waals surface area contributed by atoms with E-state index in [1.54, 1.807) is 0 Å². The minimum Gasteiger partial charge on any atom is -0.347 e. The highest BCUT2D eigenvalue weighted by molar-refractivity contribution is 5.88. The molecule has 4 rings (SSSR count). The molecule has 2 aromatic heterocycles. The molecule has 1 N–H and O–H groups in total. The van der Waals surface area contributed by atoms with Crippen LogP contribution in [0.4, 0.5) is 5.82 Å². The maximum atomic E-state index is 4.44. The molecule has 104 valence electrons. The molecular weight excluding hydrogens is 260 g/mol. The van der Waals surface area contributed by atoms with Crippen LogP contribution in [0.3, 0.4) is 0 Å². The number of nitrogens with zero attached hydrogens (tertiary/aromatic N) is 3. The molecule has 1 aromatic carbocycles. The number of anilines is 1. The largest absolute Gasteiger partial charge is 0.347 e. The van der Waals surface area contributed by atoms with Crippen molar-refractivity contribution < 1.29 is 0 Å². The highest BCUT2D eigenvalue weighted by atomic mass is 15.2. The van der Waals surface area contributed by atoms with Crippen molar-refractivity contribution in [3.8, 4) is 11.1 Å². The number of fused-ring (bicyclic) bond motifs is 1. The van der Waals surface area contributed by atoms with Crippen molar-refractivity contribution in [2.75, 3.05) is 5.32 Å². The smallest absolute Gasteiger partial charge is 0.130 e. The van der Waals surface area contributed by atoms with Crippen molar-refractivity contribution in [3.63, 3.8) is 0 Å². The summed E-state index contributed by atoms with van der Waals surface area (Å²) in [6.45, 7) is 0. The average molecular weight is 276 g/mol. The van der Waals surface area contributed by atoms with E-state index in [9.17, 15) is 0 Å². The van der Waals surface area contributed by atoms with Crippen LogP contribution >= 0.6 is 0 Å². The van der Waals surface area contributed by atoms with Gasteiger partial charge in [0, 0.05) is 36.6 Å². The normalized spacial score (nSPS) is 13.5. The molecule has 0 aliphatic heterocycles. The first kappa shape index (κ1) is 12.1. The quantitative estimate of drug-likeness (QED) is 0.792. The molecule has 21 heavy (non-hydrogen) atoms. The lowest BCUT2D eigenvalue weighted by atomic mass is 10.1. The Morgan fingerprint density at radius 1 is 1.10 bits per heavy atom. The van der Waals surface area contributed by atoms with Crippen LogP contribution in [0.25, 0.3) is 21.9 Å². The molecule has 1 saturated carbocycles. The standard InChI is InChI=1S/C17H16N4/c1-21-11-16(10-20-21)13-4-5-14-9-19-17(7-15(14)6-13)18-8-12-2-3-12/h4-11H,2-3H2,1H3,(H,18,19). The summed E-state index contributed by atoms with van der Waals surface area (Å²) in [4.78, 5) is 4.44. The van der Waals surface area contributed by atoms with Crippen LogP contribution in [0.1, 0.15) is 12.8 Å². The van der Waals surface area contributed by atoms with Crippen molar-refractivity contribution in [3.05, 3.63) is 54.6 Å². The molecule has 1 aliphatic carbocycles. The van der Waals surface area contributed by atoms with Gasteiger partial charge in [-0.2, -0.15) is 5.10 Å². The molecule has 0 saturated heterocycles. The molecule has 1 fully saturated rings. The van der Waals surface area contributed by atoms with Crippen LogP contribution < -0.4 is 5.32 Å². The Bertz CT molecular complexity index is 839. The first-order valence-electron chi connectivity index (χ1n) is 7.11. The number of aromatic nitrogens is 3. The maximum Gasteiger partial charge on any atom is 0.130 e. The van der Waals surface area contributed by atoms with Crippen LogP contribution in [0.15, 0.2) is 54.6 Å². The van der Waals surface area contributed by atoms with E-state index < -0.39 is 0 Å². The third kappa shape index (κ3) is 2.52. The molecule has 4 nitrogen and oxygen atoms in total. The number of nitrogens with one attached hydrogen (secondary N) is 1. The van der Waals surface area contributed by atoms with Gasteiger partial charge in [-0.05, 0) is 35.9 Å². The van der Waals surface area contributed by atoms with Gasteiger partial charge in [0.1, 0.15) is 5.82 Å². The minimum atomic E-state index is 0.894. The fourth-order valence-electron chi connectivity index (χ4n) is 2.36. The van der Waals surface area contributed by atoms with Crippen LogP contribution in [-0.2, 0) is 7.05 Å². The molecule has 4 heteroatoms. The Kier molecular flexibility index (Phi) is 2.74. The third-order valence-corrected chi connectivity index (χ3v) is 3.72. The van der Waals surface area contributed by atoms with Crippen LogP contribution in [0, 0.1) is 0 Å². The monoisotopic (exact) mass is 276 g/mol. The number of hydrogen-bond acceptors (Lipinski definition) is 3. The summed E-state index contributed by atoms with van der Waals surface area (Å²) in [5.74, 6) is 0.894. The molecule has 0 radical (unpaired) electrons. The second-order valence-electron chi connectivity index (χ2n) is 5.48. The molecule has 0 unspecified atom stereocenters. The van der Waals surface area contributed by atoms with Crippen LogP contribution in [0.5, 0.6) is 0 Å². The summed E-state index contributed by atoms with van der Waals surface area (Å²) in [6.07, 6.45) is 10.3. The molecule has 3 aromatic rings. The summed E-state index contributed by atoms with van der Waals surface area (Å²) in [5, 5.41) is 9.83. The fraction of sp³-hybridized carbons (Fsp3) is 0.176. The van der Waals surface area contributed by atoms with Gasteiger partial charge >= 0.3 is 0 Å². The number of benzene rings is 1. The second-order valence-corrected chi connectivity index (χ2v) is 5.48. The zero-order valence-corrected chi connectivity index (χ0v) is 11.9. The summed E-state index contributed by atoms with van der Waals surface area (Å²) in [6, 6.07) is 8.49. The molecule has 0 spiro atoms. The van der Waals surface area contributed by atoms with Crippen LogP contribution in [0.2, 0.25) is 0 Å². The Labute approximate surface area is 123 Å². The first-order valence-corrected chi connectivity index (χ1v) is 7.11. The zero-order valence-electron chi connectivity index (χ0n) is 11.9. The predicted octanol–water partition coefficient (Wildman–Crippen LogP) is 3.72. The SMILES string of the molecule is Cn1cc(-c2ccc3cnc(NC=C4CC4)cc3c2)cn1. The van der Waals surface area contributed by atoms with Crippen molar-refractivity contribution >= 4 is 16.6 Å².